The molecule has 0 unspecified atom stereocenters. The van der Waals surface area contributed by atoms with E-state index in [1.807, 2.05) is 0 Å². The van der Waals surface area contributed by atoms with Crippen LogP contribution in [-0.4, -0.2) is 27.5 Å². The summed E-state index contributed by atoms with van der Waals surface area (Å²) in [4.78, 5) is 26.1. The Balaban J connectivity index is 2.11. The van der Waals surface area contributed by atoms with Gasteiger partial charge in [0.2, 0.25) is 5.95 Å². The molecule has 2 N–H and O–H groups in total. The number of hydrogen-bond donors (Lipinski definition) is 2. The molecule has 6 heteroatoms. The van der Waals surface area contributed by atoms with Crippen LogP contribution in [0.5, 0.6) is 0 Å². The van der Waals surface area contributed by atoms with Crippen molar-refractivity contribution in [2.75, 3.05) is 0 Å². The number of carboxylic acids is 1. The third-order valence-electron chi connectivity index (χ3n) is 2.96. The second kappa shape index (κ2) is 4.12. The Labute approximate surface area is 96.7 Å². The molecule has 0 saturated heterocycles. The van der Waals surface area contributed by atoms with Crippen LogP contribution in [0.3, 0.4) is 0 Å². The maximum Gasteiger partial charge on any atom is 0.329 e. The van der Waals surface area contributed by atoms with Crippen LogP contribution in [0.4, 0.5) is 4.39 Å². The molecule has 0 bridgehead atoms. The van der Waals surface area contributed by atoms with Crippen LogP contribution >= 0.6 is 0 Å². The van der Waals surface area contributed by atoms with Gasteiger partial charge >= 0.3 is 5.97 Å². The van der Waals surface area contributed by atoms with Gasteiger partial charge in [-0.25, -0.2) is 9.78 Å². The highest BCUT2D eigenvalue weighted by Crippen LogP contribution is 2.32. The number of pyridine rings is 1. The van der Waals surface area contributed by atoms with E-state index < -0.39 is 23.4 Å². The van der Waals surface area contributed by atoms with Crippen LogP contribution in [0.15, 0.2) is 18.3 Å². The lowest BCUT2D eigenvalue weighted by atomic mass is 9.76. The molecule has 1 aromatic heterocycles. The number of aromatic nitrogens is 1. The zero-order valence-electron chi connectivity index (χ0n) is 8.94. The van der Waals surface area contributed by atoms with E-state index in [1.54, 1.807) is 0 Å². The van der Waals surface area contributed by atoms with Gasteiger partial charge in [0.05, 0.1) is 5.56 Å². The molecular weight excluding hydrogens is 227 g/mol. The minimum absolute atomic E-state index is 0.152. The summed E-state index contributed by atoms with van der Waals surface area (Å²) in [5.74, 6) is -2.26. The Morgan fingerprint density at radius 2 is 2.12 bits per heavy atom. The largest absolute Gasteiger partial charge is 0.480 e. The average molecular weight is 238 g/mol. The number of carboxylic acid groups (broad SMARTS) is 1. The van der Waals surface area contributed by atoms with E-state index in [-0.39, 0.29) is 5.56 Å². The maximum atomic E-state index is 12.6. The Morgan fingerprint density at radius 1 is 1.41 bits per heavy atom. The van der Waals surface area contributed by atoms with Crippen molar-refractivity contribution in [3.63, 3.8) is 0 Å². The molecule has 90 valence electrons. The first-order valence-corrected chi connectivity index (χ1v) is 5.21. The van der Waals surface area contributed by atoms with Gasteiger partial charge in [0, 0.05) is 6.20 Å². The van der Waals surface area contributed by atoms with Gasteiger partial charge < -0.3 is 10.4 Å². The number of carbonyl (C=O) groups excluding carboxylic acids is 1. The van der Waals surface area contributed by atoms with E-state index in [2.05, 4.69) is 10.3 Å². The summed E-state index contributed by atoms with van der Waals surface area (Å²) >= 11 is 0. The smallest absolute Gasteiger partial charge is 0.329 e. The van der Waals surface area contributed by atoms with Gasteiger partial charge in [-0.05, 0) is 31.4 Å². The molecule has 1 aliphatic rings. The maximum absolute atomic E-state index is 12.6. The molecule has 0 radical (unpaired) electrons. The van der Waals surface area contributed by atoms with E-state index >= 15 is 0 Å². The number of amides is 1. The number of halogens is 1. The summed E-state index contributed by atoms with van der Waals surface area (Å²) < 4.78 is 12.6. The molecule has 0 atom stereocenters. The third-order valence-corrected chi connectivity index (χ3v) is 2.96. The molecule has 2 rings (SSSR count). The van der Waals surface area contributed by atoms with Gasteiger partial charge in [-0.15, -0.1) is 0 Å². The minimum atomic E-state index is -1.16. The van der Waals surface area contributed by atoms with E-state index in [9.17, 15) is 14.0 Å². The molecular formula is C11H11FN2O3. The number of aliphatic carboxylic acids is 1. The normalized spacial score (nSPS) is 17.0. The number of carbonyl (C=O) groups is 2. The first-order valence-electron chi connectivity index (χ1n) is 5.21. The predicted octanol–water partition coefficient (Wildman–Crippen LogP) is 0.958. The number of nitrogens with one attached hydrogen (secondary N) is 1. The lowest BCUT2D eigenvalue weighted by Gasteiger charge is -2.38. The molecule has 5 nitrogen and oxygen atoms in total. The molecule has 1 aliphatic carbocycles. The second-order valence-corrected chi connectivity index (χ2v) is 4.06. The van der Waals surface area contributed by atoms with Gasteiger partial charge in [-0.3, -0.25) is 4.79 Å². The van der Waals surface area contributed by atoms with E-state index in [1.165, 1.54) is 6.07 Å². The summed E-state index contributed by atoms with van der Waals surface area (Å²) in [7, 11) is 0. The molecule has 0 spiro atoms. The lowest BCUT2D eigenvalue weighted by Crippen LogP contribution is -2.59. The van der Waals surface area contributed by atoms with Crippen molar-refractivity contribution >= 4 is 11.9 Å². The Hall–Kier alpha value is -1.98. The van der Waals surface area contributed by atoms with Crippen molar-refractivity contribution in [2.24, 2.45) is 0 Å². The van der Waals surface area contributed by atoms with E-state index in [0.29, 0.717) is 12.8 Å². The van der Waals surface area contributed by atoms with Gasteiger partial charge in [-0.2, -0.15) is 4.39 Å². The fourth-order valence-corrected chi connectivity index (χ4v) is 1.72. The third kappa shape index (κ3) is 2.11. The summed E-state index contributed by atoms with van der Waals surface area (Å²) in [6, 6.07) is 2.33. The van der Waals surface area contributed by atoms with Crippen molar-refractivity contribution in [1.82, 2.24) is 10.3 Å². The SMILES string of the molecule is O=C(NC1(C(=O)O)CCC1)c1ccc(F)nc1. The van der Waals surface area contributed by atoms with Crippen LogP contribution < -0.4 is 5.32 Å². The Morgan fingerprint density at radius 3 is 2.53 bits per heavy atom. The molecule has 1 fully saturated rings. The monoisotopic (exact) mass is 238 g/mol. The van der Waals surface area contributed by atoms with Crippen LogP contribution in [-0.2, 0) is 4.79 Å². The molecule has 1 amide bonds. The predicted molar refractivity (Wildman–Crippen MR) is 55.9 cm³/mol. The number of rotatable bonds is 3. The number of nitrogens with zero attached hydrogens (tertiary/aromatic N) is 1. The first-order chi connectivity index (χ1) is 8.03. The molecule has 1 heterocycles. The molecule has 1 aromatic rings. The van der Waals surface area contributed by atoms with Crippen molar-refractivity contribution in [1.29, 1.82) is 0 Å². The van der Waals surface area contributed by atoms with E-state index in [4.69, 9.17) is 5.11 Å². The Bertz CT molecular complexity index is 454. The Kier molecular flexibility index (Phi) is 2.79. The van der Waals surface area contributed by atoms with Crippen LogP contribution in [0.25, 0.3) is 0 Å². The zero-order chi connectivity index (χ0) is 12.5. The lowest BCUT2D eigenvalue weighted by molar-refractivity contribution is -0.148. The second-order valence-electron chi connectivity index (χ2n) is 4.06. The summed E-state index contributed by atoms with van der Waals surface area (Å²) in [6.45, 7) is 0. The van der Waals surface area contributed by atoms with Crippen molar-refractivity contribution in [3.8, 4) is 0 Å². The molecule has 17 heavy (non-hydrogen) atoms. The number of hydrogen-bond acceptors (Lipinski definition) is 3. The fourth-order valence-electron chi connectivity index (χ4n) is 1.72. The van der Waals surface area contributed by atoms with Crippen LogP contribution in [0, 0.1) is 5.95 Å². The zero-order valence-corrected chi connectivity index (χ0v) is 8.94. The van der Waals surface area contributed by atoms with Crippen LogP contribution in [0.2, 0.25) is 0 Å². The summed E-state index contributed by atoms with van der Waals surface area (Å²) in [5, 5.41) is 11.5. The molecule has 0 aromatic carbocycles. The highest BCUT2D eigenvalue weighted by atomic mass is 19.1. The van der Waals surface area contributed by atoms with Crippen molar-refractivity contribution < 1.29 is 19.1 Å². The van der Waals surface area contributed by atoms with Crippen molar-refractivity contribution in [3.05, 3.63) is 29.8 Å². The highest BCUT2D eigenvalue weighted by molar-refractivity contribution is 5.97. The van der Waals surface area contributed by atoms with Gasteiger partial charge in [0.25, 0.3) is 5.91 Å². The molecule has 1 saturated carbocycles. The standard InChI is InChI=1S/C11H11FN2O3/c12-8-3-2-7(6-13-8)9(15)14-11(10(16)17)4-1-5-11/h2-3,6H,1,4-5H2,(H,14,15)(H,16,17). The van der Waals surface area contributed by atoms with Gasteiger partial charge in [-0.1, -0.05) is 0 Å². The summed E-state index contributed by atoms with van der Waals surface area (Å²) in [6.07, 6.45) is 2.69. The quantitative estimate of drug-likeness (QED) is 0.768. The minimum Gasteiger partial charge on any atom is -0.480 e. The van der Waals surface area contributed by atoms with Crippen molar-refractivity contribution in [2.45, 2.75) is 24.8 Å². The van der Waals surface area contributed by atoms with Gasteiger partial charge in [0.1, 0.15) is 5.54 Å². The highest BCUT2D eigenvalue weighted by Gasteiger charge is 2.45. The summed E-state index contributed by atoms with van der Waals surface area (Å²) in [5.41, 5.74) is -1.01. The average Bonchev–Trinajstić information content (AvgIpc) is 2.23. The topological polar surface area (TPSA) is 79.3 Å². The first kappa shape index (κ1) is 11.5. The fraction of sp³-hybridized carbons (Fsp3) is 0.364. The van der Waals surface area contributed by atoms with Gasteiger partial charge in [0.15, 0.2) is 0 Å². The molecule has 0 aliphatic heterocycles. The van der Waals surface area contributed by atoms with Crippen LogP contribution in [0.1, 0.15) is 29.6 Å². The van der Waals surface area contributed by atoms with E-state index in [0.717, 1.165) is 18.7 Å².